The van der Waals surface area contributed by atoms with Crippen molar-refractivity contribution in [1.29, 1.82) is 5.26 Å². The van der Waals surface area contributed by atoms with E-state index in [-0.39, 0.29) is 17.7 Å². The first-order valence-corrected chi connectivity index (χ1v) is 8.41. The van der Waals surface area contributed by atoms with Crippen LogP contribution in [0.4, 0.5) is 5.69 Å². The molecule has 2 amide bonds. The van der Waals surface area contributed by atoms with Crippen molar-refractivity contribution in [3.63, 3.8) is 0 Å². The van der Waals surface area contributed by atoms with E-state index in [0.29, 0.717) is 22.9 Å². The molecule has 116 valence electrons. The molecule has 2 rings (SSSR count). The predicted molar refractivity (Wildman–Crippen MR) is 87.2 cm³/mol. The Morgan fingerprint density at radius 1 is 1.45 bits per heavy atom. The minimum Gasteiger partial charge on any atom is -0.324 e. The zero-order valence-electron chi connectivity index (χ0n) is 12.7. The average Bonchev–Trinajstić information content (AvgIpc) is 3.03. The van der Waals surface area contributed by atoms with Crippen LogP contribution in [0.1, 0.15) is 25.8 Å². The fourth-order valence-corrected chi connectivity index (χ4v) is 3.35. The Labute approximate surface area is 134 Å². The molecule has 2 unspecified atom stereocenters. The Morgan fingerprint density at radius 2 is 2.14 bits per heavy atom. The molecule has 0 saturated carbocycles. The van der Waals surface area contributed by atoms with Gasteiger partial charge in [0, 0.05) is 17.4 Å². The number of rotatable bonds is 4. The molecule has 22 heavy (non-hydrogen) atoms. The Kier molecular flexibility index (Phi) is 5.45. The molecular formula is C16H19N3O2S. The first kappa shape index (κ1) is 16.4. The molecule has 1 aliphatic heterocycles. The summed E-state index contributed by atoms with van der Waals surface area (Å²) in [4.78, 5) is 26.4. The summed E-state index contributed by atoms with van der Waals surface area (Å²) in [6, 6.07) is 8.30. The van der Waals surface area contributed by atoms with Gasteiger partial charge in [-0.05, 0) is 30.7 Å². The third-order valence-corrected chi connectivity index (χ3v) is 4.80. The van der Waals surface area contributed by atoms with E-state index in [9.17, 15) is 9.59 Å². The van der Waals surface area contributed by atoms with Gasteiger partial charge in [-0.2, -0.15) is 5.26 Å². The summed E-state index contributed by atoms with van der Waals surface area (Å²) in [6.07, 6.45) is 0.768. The predicted octanol–water partition coefficient (Wildman–Crippen LogP) is 2.44. The molecule has 0 bridgehead atoms. The molecule has 5 nitrogen and oxygen atoms in total. The van der Waals surface area contributed by atoms with Gasteiger partial charge in [0.05, 0.1) is 17.5 Å². The number of nitrogens with one attached hydrogen (secondary N) is 1. The number of benzene rings is 1. The maximum atomic E-state index is 12.4. The molecule has 1 aliphatic rings. The number of hydrogen-bond donors (Lipinski definition) is 1. The van der Waals surface area contributed by atoms with E-state index in [1.165, 1.54) is 0 Å². The average molecular weight is 317 g/mol. The summed E-state index contributed by atoms with van der Waals surface area (Å²) in [6.45, 7) is 3.86. The summed E-state index contributed by atoms with van der Waals surface area (Å²) in [5.74, 6) is 0.974. The molecule has 0 aromatic heterocycles. The molecule has 0 radical (unpaired) electrons. The highest BCUT2D eigenvalue weighted by atomic mass is 32.2. The van der Waals surface area contributed by atoms with Gasteiger partial charge in [-0.1, -0.05) is 13.8 Å². The Balaban J connectivity index is 2.04. The number of nitriles is 1. The van der Waals surface area contributed by atoms with E-state index in [4.69, 9.17) is 5.26 Å². The number of amides is 2. The first-order chi connectivity index (χ1) is 10.6. The third kappa shape index (κ3) is 3.60. The van der Waals surface area contributed by atoms with Crippen LogP contribution in [0.2, 0.25) is 0 Å². The van der Waals surface area contributed by atoms with Crippen LogP contribution in [0.5, 0.6) is 0 Å². The van der Waals surface area contributed by atoms with Crippen molar-refractivity contribution in [2.45, 2.75) is 26.3 Å². The maximum Gasteiger partial charge on any atom is 0.248 e. The Bertz CT molecular complexity index is 594. The topological polar surface area (TPSA) is 73.2 Å². The number of carbonyl (C=O) groups is 2. The number of carbonyl (C=O) groups excluding carboxylic acids is 2. The lowest BCUT2D eigenvalue weighted by Gasteiger charge is -2.25. The first-order valence-electron chi connectivity index (χ1n) is 7.26. The summed E-state index contributed by atoms with van der Waals surface area (Å²) in [5.41, 5.74) is 1.18. The fraction of sp³-hybridized carbons (Fsp3) is 0.438. The van der Waals surface area contributed by atoms with Gasteiger partial charge >= 0.3 is 0 Å². The molecule has 1 heterocycles. The van der Waals surface area contributed by atoms with Crippen molar-refractivity contribution >= 4 is 29.3 Å². The van der Waals surface area contributed by atoms with Crippen LogP contribution in [0.15, 0.2) is 24.3 Å². The lowest BCUT2D eigenvalue weighted by atomic mass is 10.1. The zero-order valence-corrected chi connectivity index (χ0v) is 13.5. The fourth-order valence-electron chi connectivity index (χ4n) is 2.19. The normalized spacial score (nSPS) is 18.6. The van der Waals surface area contributed by atoms with Crippen LogP contribution in [0.25, 0.3) is 0 Å². The van der Waals surface area contributed by atoms with Crippen LogP contribution in [0.3, 0.4) is 0 Å². The second-order valence-corrected chi connectivity index (χ2v) is 6.31. The van der Waals surface area contributed by atoms with E-state index >= 15 is 0 Å². The van der Waals surface area contributed by atoms with Crippen molar-refractivity contribution in [3.05, 3.63) is 29.8 Å². The summed E-state index contributed by atoms with van der Waals surface area (Å²) in [7, 11) is 0. The van der Waals surface area contributed by atoms with Crippen LogP contribution < -0.4 is 5.32 Å². The van der Waals surface area contributed by atoms with Gasteiger partial charge in [0.1, 0.15) is 6.04 Å². The van der Waals surface area contributed by atoms with Gasteiger partial charge in [0.15, 0.2) is 0 Å². The Hall–Kier alpha value is -2.00. The second-order valence-electron chi connectivity index (χ2n) is 5.31. The Morgan fingerprint density at radius 3 is 2.73 bits per heavy atom. The minimum absolute atomic E-state index is 0.0347. The van der Waals surface area contributed by atoms with Crippen molar-refractivity contribution in [2.24, 2.45) is 5.92 Å². The second kappa shape index (κ2) is 7.32. The highest BCUT2D eigenvalue weighted by molar-refractivity contribution is 7.99. The van der Waals surface area contributed by atoms with Crippen LogP contribution in [-0.4, -0.2) is 34.4 Å². The quantitative estimate of drug-likeness (QED) is 0.925. The molecule has 1 saturated heterocycles. The molecule has 2 atom stereocenters. The van der Waals surface area contributed by atoms with Gasteiger partial charge in [-0.3, -0.25) is 9.59 Å². The number of anilines is 1. The smallest absolute Gasteiger partial charge is 0.248 e. The molecule has 0 aliphatic carbocycles. The van der Waals surface area contributed by atoms with Crippen LogP contribution in [0, 0.1) is 17.2 Å². The van der Waals surface area contributed by atoms with Crippen molar-refractivity contribution < 1.29 is 9.59 Å². The molecule has 1 aromatic rings. The standard InChI is InChI=1S/C16H19N3O2S/c1-3-11(2)16(21)19-10-22-9-14(19)15(20)18-13-6-4-12(8-17)5-7-13/h4-7,11,14H,3,9-10H2,1-2H3,(H,18,20). The van der Waals surface area contributed by atoms with E-state index in [1.54, 1.807) is 40.9 Å². The number of hydrogen-bond acceptors (Lipinski definition) is 4. The summed E-state index contributed by atoms with van der Waals surface area (Å²) in [5, 5.41) is 11.6. The zero-order chi connectivity index (χ0) is 16.1. The minimum atomic E-state index is -0.429. The number of nitrogens with zero attached hydrogens (tertiary/aromatic N) is 2. The summed E-state index contributed by atoms with van der Waals surface area (Å²) < 4.78 is 0. The van der Waals surface area contributed by atoms with Crippen LogP contribution >= 0.6 is 11.8 Å². The van der Waals surface area contributed by atoms with Crippen molar-refractivity contribution in [3.8, 4) is 6.07 Å². The third-order valence-electron chi connectivity index (χ3n) is 3.78. The maximum absolute atomic E-state index is 12.4. The molecule has 0 spiro atoms. The van der Waals surface area contributed by atoms with Crippen molar-refractivity contribution in [1.82, 2.24) is 4.90 Å². The highest BCUT2D eigenvalue weighted by Gasteiger charge is 2.35. The monoisotopic (exact) mass is 317 g/mol. The van der Waals surface area contributed by atoms with E-state index in [0.717, 1.165) is 6.42 Å². The molecule has 6 heteroatoms. The van der Waals surface area contributed by atoms with Gasteiger partial charge in [-0.25, -0.2) is 0 Å². The number of thioether (sulfide) groups is 1. The molecular weight excluding hydrogens is 298 g/mol. The van der Waals surface area contributed by atoms with Gasteiger partial charge < -0.3 is 10.2 Å². The van der Waals surface area contributed by atoms with Crippen LogP contribution in [-0.2, 0) is 9.59 Å². The lowest BCUT2D eigenvalue weighted by Crippen LogP contribution is -2.46. The van der Waals surface area contributed by atoms with E-state index < -0.39 is 6.04 Å². The van der Waals surface area contributed by atoms with E-state index in [2.05, 4.69) is 5.32 Å². The van der Waals surface area contributed by atoms with Gasteiger partial charge in [0.2, 0.25) is 11.8 Å². The summed E-state index contributed by atoms with van der Waals surface area (Å²) >= 11 is 1.59. The van der Waals surface area contributed by atoms with Gasteiger partial charge in [-0.15, -0.1) is 11.8 Å². The van der Waals surface area contributed by atoms with E-state index in [1.807, 2.05) is 19.9 Å². The lowest BCUT2D eigenvalue weighted by molar-refractivity contribution is -0.139. The molecule has 1 aromatic carbocycles. The molecule has 1 N–H and O–H groups in total. The van der Waals surface area contributed by atoms with Crippen molar-refractivity contribution in [2.75, 3.05) is 16.9 Å². The largest absolute Gasteiger partial charge is 0.324 e. The molecule has 1 fully saturated rings. The highest BCUT2D eigenvalue weighted by Crippen LogP contribution is 2.25. The SMILES string of the molecule is CCC(C)C(=O)N1CSCC1C(=O)Nc1ccc(C#N)cc1. The van der Waals surface area contributed by atoms with Gasteiger partial charge in [0.25, 0.3) is 0 Å².